The number of benzene rings is 1. The molecule has 0 radical (unpaired) electrons. The first-order valence-electron chi connectivity index (χ1n) is 6.58. The fraction of sp³-hybridized carbons (Fsp3) is 0.533. The van der Waals surface area contributed by atoms with Crippen LogP contribution in [0.1, 0.15) is 19.4 Å². The molecular formula is C15H21NO2. The number of hydrogen-bond donors (Lipinski definition) is 1. The van der Waals surface area contributed by atoms with Crippen LogP contribution in [-0.4, -0.2) is 35.1 Å². The molecule has 0 aliphatic carbocycles. The molecular weight excluding hydrogens is 226 g/mol. The van der Waals surface area contributed by atoms with E-state index >= 15 is 0 Å². The summed E-state index contributed by atoms with van der Waals surface area (Å²) < 4.78 is 0. The number of rotatable bonds is 5. The van der Waals surface area contributed by atoms with E-state index in [-0.39, 0.29) is 5.92 Å². The maximum absolute atomic E-state index is 10.9. The van der Waals surface area contributed by atoms with Crippen LogP contribution in [0.2, 0.25) is 0 Å². The van der Waals surface area contributed by atoms with E-state index in [4.69, 9.17) is 5.11 Å². The molecule has 0 spiro atoms. The van der Waals surface area contributed by atoms with Crippen molar-refractivity contribution in [1.82, 2.24) is 4.90 Å². The summed E-state index contributed by atoms with van der Waals surface area (Å²) in [4.78, 5) is 13.3. The maximum atomic E-state index is 10.9. The summed E-state index contributed by atoms with van der Waals surface area (Å²) in [5, 5.41) is 8.96. The van der Waals surface area contributed by atoms with Gasteiger partial charge in [0, 0.05) is 19.1 Å². The lowest BCUT2D eigenvalue weighted by Gasteiger charge is -2.45. The van der Waals surface area contributed by atoms with E-state index in [0.29, 0.717) is 12.0 Å². The van der Waals surface area contributed by atoms with Crippen LogP contribution in [0, 0.1) is 11.8 Å². The van der Waals surface area contributed by atoms with E-state index in [1.165, 1.54) is 5.56 Å². The summed E-state index contributed by atoms with van der Waals surface area (Å²) in [6, 6.07) is 10.9. The molecule has 2 rings (SSSR count). The van der Waals surface area contributed by atoms with Crippen molar-refractivity contribution in [2.24, 2.45) is 11.8 Å². The SMILES string of the molecule is CC(C(=O)O)C1CN(C(C)Cc2ccccc2)C1. The summed E-state index contributed by atoms with van der Waals surface area (Å²) in [6.45, 7) is 5.86. The van der Waals surface area contributed by atoms with Crippen LogP contribution < -0.4 is 0 Å². The van der Waals surface area contributed by atoms with Gasteiger partial charge in [0.05, 0.1) is 5.92 Å². The summed E-state index contributed by atoms with van der Waals surface area (Å²) in [7, 11) is 0. The van der Waals surface area contributed by atoms with Gasteiger partial charge in [-0.2, -0.15) is 0 Å². The summed E-state index contributed by atoms with van der Waals surface area (Å²) in [5.74, 6) is -0.568. The molecule has 1 aliphatic heterocycles. The van der Waals surface area contributed by atoms with Crippen molar-refractivity contribution in [3.8, 4) is 0 Å². The van der Waals surface area contributed by atoms with Crippen molar-refractivity contribution in [3.63, 3.8) is 0 Å². The first-order chi connectivity index (χ1) is 8.58. The Kier molecular flexibility index (Phi) is 4.02. The number of hydrogen-bond acceptors (Lipinski definition) is 2. The third kappa shape index (κ3) is 2.91. The van der Waals surface area contributed by atoms with Crippen LogP contribution in [-0.2, 0) is 11.2 Å². The topological polar surface area (TPSA) is 40.5 Å². The van der Waals surface area contributed by atoms with Crippen molar-refractivity contribution >= 4 is 5.97 Å². The van der Waals surface area contributed by atoms with Crippen molar-refractivity contribution in [3.05, 3.63) is 35.9 Å². The molecule has 1 aromatic rings. The number of nitrogens with zero attached hydrogens (tertiary/aromatic N) is 1. The minimum atomic E-state index is -0.671. The standard InChI is InChI=1S/C15H21NO2/c1-11(8-13-6-4-3-5-7-13)16-9-14(10-16)12(2)15(17)18/h3-7,11-12,14H,8-10H2,1-2H3,(H,17,18). The van der Waals surface area contributed by atoms with Gasteiger partial charge >= 0.3 is 5.97 Å². The van der Waals surface area contributed by atoms with Gasteiger partial charge in [-0.15, -0.1) is 0 Å². The fourth-order valence-corrected chi connectivity index (χ4v) is 2.51. The molecule has 0 amide bonds. The van der Waals surface area contributed by atoms with Gasteiger partial charge in [0.15, 0.2) is 0 Å². The van der Waals surface area contributed by atoms with Crippen LogP contribution in [0.5, 0.6) is 0 Å². The Morgan fingerprint density at radius 2 is 1.94 bits per heavy atom. The average molecular weight is 247 g/mol. The summed E-state index contributed by atoms with van der Waals surface area (Å²) in [6.07, 6.45) is 1.04. The first-order valence-corrected chi connectivity index (χ1v) is 6.58. The number of likely N-dealkylation sites (tertiary alicyclic amines) is 1. The molecule has 18 heavy (non-hydrogen) atoms. The second-order valence-corrected chi connectivity index (χ2v) is 5.38. The van der Waals surface area contributed by atoms with E-state index in [1.807, 2.05) is 13.0 Å². The Morgan fingerprint density at radius 3 is 2.50 bits per heavy atom. The molecule has 1 aromatic carbocycles. The maximum Gasteiger partial charge on any atom is 0.306 e. The number of carbonyl (C=O) groups is 1. The second-order valence-electron chi connectivity index (χ2n) is 5.38. The second kappa shape index (κ2) is 5.53. The average Bonchev–Trinajstić information content (AvgIpc) is 2.28. The summed E-state index contributed by atoms with van der Waals surface area (Å²) in [5.41, 5.74) is 1.35. The molecule has 0 bridgehead atoms. The third-order valence-electron chi connectivity index (χ3n) is 4.03. The summed E-state index contributed by atoms with van der Waals surface area (Å²) >= 11 is 0. The Balaban J connectivity index is 1.80. The monoisotopic (exact) mass is 247 g/mol. The van der Waals surface area contributed by atoms with Crippen molar-refractivity contribution in [2.75, 3.05) is 13.1 Å². The van der Waals surface area contributed by atoms with Crippen molar-refractivity contribution in [1.29, 1.82) is 0 Å². The van der Waals surface area contributed by atoms with Gasteiger partial charge in [-0.1, -0.05) is 37.3 Å². The van der Waals surface area contributed by atoms with Crippen LogP contribution >= 0.6 is 0 Å². The van der Waals surface area contributed by atoms with E-state index in [9.17, 15) is 4.79 Å². The van der Waals surface area contributed by atoms with Crippen LogP contribution in [0.15, 0.2) is 30.3 Å². The Bertz CT molecular complexity index is 398. The quantitative estimate of drug-likeness (QED) is 0.867. The minimum Gasteiger partial charge on any atom is -0.481 e. The van der Waals surface area contributed by atoms with Crippen LogP contribution in [0.3, 0.4) is 0 Å². The first kappa shape index (κ1) is 13.1. The van der Waals surface area contributed by atoms with Crippen molar-refractivity contribution < 1.29 is 9.90 Å². The molecule has 3 nitrogen and oxygen atoms in total. The van der Waals surface area contributed by atoms with Gasteiger partial charge in [0.25, 0.3) is 0 Å². The smallest absolute Gasteiger partial charge is 0.306 e. The van der Waals surface area contributed by atoms with Gasteiger partial charge in [0.2, 0.25) is 0 Å². The van der Waals surface area contributed by atoms with E-state index in [1.54, 1.807) is 0 Å². The van der Waals surface area contributed by atoms with E-state index < -0.39 is 5.97 Å². The Labute approximate surface area is 108 Å². The third-order valence-corrected chi connectivity index (χ3v) is 4.03. The molecule has 1 fully saturated rings. The lowest BCUT2D eigenvalue weighted by molar-refractivity contribution is -0.145. The molecule has 1 aliphatic rings. The number of carboxylic acid groups (broad SMARTS) is 1. The predicted molar refractivity (Wildman–Crippen MR) is 71.5 cm³/mol. The minimum absolute atomic E-state index is 0.217. The molecule has 2 atom stereocenters. The van der Waals surface area contributed by atoms with Gasteiger partial charge < -0.3 is 5.11 Å². The van der Waals surface area contributed by atoms with Gasteiger partial charge in [-0.05, 0) is 24.8 Å². The normalized spacial score (nSPS) is 20.1. The van der Waals surface area contributed by atoms with E-state index in [2.05, 4.69) is 36.1 Å². The molecule has 0 aromatic heterocycles. The fourth-order valence-electron chi connectivity index (χ4n) is 2.51. The van der Waals surface area contributed by atoms with Gasteiger partial charge in [-0.3, -0.25) is 9.69 Å². The van der Waals surface area contributed by atoms with Crippen LogP contribution in [0.25, 0.3) is 0 Å². The largest absolute Gasteiger partial charge is 0.481 e. The molecule has 98 valence electrons. The molecule has 1 heterocycles. The highest BCUT2D eigenvalue weighted by molar-refractivity contribution is 5.70. The van der Waals surface area contributed by atoms with Crippen LogP contribution in [0.4, 0.5) is 0 Å². The Morgan fingerprint density at radius 1 is 1.33 bits per heavy atom. The zero-order chi connectivity index (χ0) is 13.1. The highest BCUT2D eigenvalue weighted by Gasteiger charge is 2.36. The highest BCUT2D eigenvalue weighted by atomic mass is 16.4. The predicted octanol–water partition coefficient (Wildman–Crippen LogP) is 2.27. The van der Waals surface area contributed by atoms with Gasteiger partial charge in [0.1, 0.15) is 0 Å². The molecule has 2 unspecified atom stereocenters. The molecule has 0 saturated carbocycles. The lowest BCUT2D eigenvalue weighted by atomic mass is 9.85. The van der Waals surface area contributed by atoms with Gasteiger partial charge in [-0.25, -0.2) is 0 Å². The zero-order valence-corrected chi connectivity index (χ0v) is 11.0. The molecule has 1 saturated heterocycles. The number of aliphatic carboxylic acids is 1. The molecule has 1 N–H and O–H groups in total. The number of carboxylic acids is 1. The zero-order valence-electron chi connectivity index (χ0n) is 11.0. The lowest BCUT2D eigenvalue weighted by Crippen LogP contribution is -2.54. The Hall–Kier alpha value is -1.35. The highest BCUT2D eigenvalue weighted by Crippen LogP contribution is 2.26. The van der Waals surface area contributed by atoms with Crippen molar-refractivity contribution in [2.45, 2.75) is 26.3 Å². The van der Waals surface area contributed by atoms with E-state index in [0.717, 1.165) is 19.5 Å². The molecule has 3 heteroatoms.